The van der Waals surface area contributed by atoms with Crippen LogP contribution in [0.15, 0.2) is 24.3 Å². The number of piperidine rings is 2. The van der Waals surface area contributed by atoms with Gasteiger partial charge in [0.25, 0.3) is 0 Å². The Balaban J connectivity index is 1.55. The van der Waals surface area contributed by atoms with Crippen molar-refractivity contribution in [2.24, 2.45) is 11.8 Å². The number of hydrogen-bond acceptors (Lipinski definition) is 3. The molecule has 2 aliphatic rings. The quantitative estimate of drug-likeness (QED) is 0.809. The zero-order valence-electron chi connectivity index (χ0n) is 15.9. The number of carbonyl (C=O) groups excluding carboxylic acids is 1. The Bertz CT molecular complexity index is 722. The Morgan fingerprint density at radius 3 is 2.35 bits per heavy atom. The number of benzene rings is 1. The van der Waals surface area contributed by atoms with E-state index in [0.29, 0.717) is 31.8 Å². The normalized spacial score (nSPS) is 23.2. The first-order chi connectivity index (χ1) is 12.3. The van der Waals surface area contributed by atoms with Crippen molar-refractivity contribution in [2.45, 2.75) is 45.3 Å². The Hall–Kier alpha value is -1.40. The van der Waals surface area contributed by atoms with Crippen LogP contribution in [0.25, 0.3) is 0 Å². The Morgan fingerprint density at radius 1 is 1.08 bits per heavy atom. The zero-order chi connectivity index (χ0) is 18.7. The van der Waals surface area contributed by atoms with Gasteiger partial charge in [-0.05, 0) is 44.1 Å². The van der Waals surface area contributed by atoms with E-state index in [1.54, 1.807) is 4.31 Å². The van der Waals surface area contributed by atoms with Gasteiger partial charge in [0.15, 0.2) is 0 Å². The van der Waals surface area contributed by atoms with Crippen LogP contribution in [0.5, 0.6) is 0 Å². The molecular formula is C20H30N2O3S. The first kappa shape index (κ1) is 19.4. The van der Waals surface area contributed by atoms with E-state index in [0.717, 1.165) is 30.6 Å². The summed E-state index contributed by atoms with van der Waals surface area (Å²) in [5, 5.41) is 0. The van der Waals surface area contributed by atoms with Gasteiger partial charge < -0.3 is 4.90 Å². The predicted octanol–water partition coefficient (Wildman–Crippen LogP) is 2.80. The molecule has 2 heterocycles. The smallest absolute Gasteiger partial charge is 0.225 e. The van der Waals surface area contributed by atoms with Crippen molar-refractivity contribution in [1.29, 1.82) is 0 Å². The molecule has 1 atom stereocenters. The fraction of sp³-hybridized carbons (Fsp3) is 0.650. The van der Waals surface area contributed by atoms with Crippen LogP contribution in [0.3, 0.4) is 0 Å². The van der Waals surface area contributed by atoms with Gasteiger partial charge in [-0.1, -0.05) is 36.8 Å². The van der Waals surface area contributed by atoms with Crippen LogP contribution in [0.4, 0.5) is 0 Å². The van der Waals surface area contributed by atoms with Crippen LogP contribution < -0.4 is 0 Å². The molecule has 5 nitrogen and oxygen atoms in total. The van der Waals surface area contributed by atoms with Crippen molar-refractivity contribution in [3.05, 3.63) is 35.4 Å². The third-order valence-electron chi connectivity index (χ3n) is 5.63. The molecule has 6 heteroatoms. The molecule has 0 aromatic heterocycles. The zero-order valence-corrected chi connectivity index (χ0v) is 16.7. The van der Waals surface area contributed by atoms with Gasteiger partial charge in [-0.2, -0.15) is 0 Å². The topological polar surface area (TPSA) is 57.7 Å². The lowest BCUT2D eigenvalue weighted by Crippen LogP contribution is -2.47. The summed E-state index contributed by atoms with van der Waals surface area (Å²) in [5.41, 5.74) is 1.94. The monoisotopic (exact) mass is 378 g/mol. The summed E-state index contributed by atoms with van der Waals surface area (Å²) in [6, 6.07) is 7.63. The van der Waals surface area contributed by atoms with E-state index in [1.807, 2.05) is 36.1 Å². The standard InChI is InChI=1S/C20H30N2O3S/c1-16-5-7-18(8-6-16)15-26(24,25)22-12-9-19(10-13-22)20(23)21-11-3-4-17(2)14-21/h5-8,17,19H,3-4,9-15H2,1-2H3/t17-/m1/s1. The Labute approximate surface area is 157 Å². The Kier molecular flexibility index (Phi) is 6.03. The summed E-state index contributed by atoms with van der Waals surface area (Å²) in [7, 11) is -3.32. The molecule has 0 spiro atoms. The molecule has 2 saturated heterocycles. The molecule has 1 aromatic carbocycles. The summed E-state index contributed by atoms with van der Waals surface area (Å²) in [4.78, 5) is 14.7. The van der Waals surface area contributed by atoms with E-state index in [9.17, 15) is 13.2 Å². The first-order valence-electron chi connectivity index (χ1n) is 9.67. The molecule has 2 fully saturated rings. The maximum atomic E-state index is 12.7. The van der Waals surface area contributed by atoms with E-state index in [-0.39, 0.29) is 17.6 Å². The van der Waals surface area contributed by atoms with Gasteiger partial charge in [-0.3, -0.25) is 4.79 Å². The molecule has 0 bridgehead atoms. The van der Waals surface area contributed by atoms with Crippen LogP contribution in [0.1, 0.15) is 43.7 Å². The molecule has 0 unspecified atom stereocenters. The summed E-state index contributed by atoms with van der Waals surface area (Å²) in [6.45, 7) is 6.80. The number of likely N-dealkylation sites (tertiary alicyclic amines) is 1. The maximum Gasteiger partial charge on any atom is 0.225 e. The van der Waals surface area contributed by atoms with Crippen LogP contribution in [-0.4, -0.2) is 49.7 Å². The second kappa shape index (κ2) is 8.09. The second-order valence-electron chi connectivity index (χ2n) is 7.95. The van der Waals surface area contributed by atoms with Crippen molar-refractivity contribution in [3.8, 4) is 0 Å². The largest absolute Gasteiger partial charge is 0.342 e. The number of rotatable bonds is 4. The second-order valence-corrected chi connectivity index (χ2v) is 9.92. The van der Waals surface area contributed by atoms with Crippen molar-refractivity contribution in [2.75, 3.05) is 26.2 Å². The molecular weight excluding hydrogens is 348 g/mol. The van der Waals surface area contributed by atoms with E-state index >= 15 is 0 Å². The van der Waals surface area contributed by atoms with E-state index in [1.165, 1.54) is 6.42 Å². The molecule has 2 aliphatic heterocycles. The molecule has 0 N–H and O–H groups in total. The fourth-order valence-electron chi connectivity index (χ4n) is 4.01. The molecule has 1 aromatic rings. The average Bonchev–Trinajstić information content (AvgIpc) is 2.63. The van der Waals surface area contributed by atoms with Crippen molar-refractivity contribution in [1.82, 2.24) is 9.21 Å². The molecule has 0 saturated carbocycles. The van der Waals surface area contributed by atoms with E-state index in [4.69, 9.17) is 0 Å². The SMILES string of the molecule is Cc1ccc(CS(=O)(=O)N2CCC(C(=O)N3CCC[C@@H](C)C3)CC2)cc1. The molecule has 3 rings (SSSR count). The third kappa shape index (κ3) is 4.65. The Morgan fingerprint density at radius 2 is 1.73 bits per heavy atom. The lowest BCUT2D eigenvalue weighted by atomic mass is 9.93. The van der Waals surface area contributed by atoms with Gasteiger partial charge in [0.05, 0.1) is 5.75 Å². The minimum absolute atomic E-state index is 0.0221. The van der Waals surface area contributed by atoms with Crippen LogP contribution >= 0.6 is 0 Å². The van der Waals surface area contributed by atoms with E-state index < -0.39 is 10.0 Å². The summed E-state index contributed by atoms with van der Waals surface area (Å²) in [5.74, 6) is 0.816. The van der Waals surface area contributed by atoms with Gasteiger partial charge >= 0.3 is 0 Å². The van der Waals surface area contributed by atoms with Gasteiger partial charge in [0.2, 0.25) is 15.9 Å². The first-order valence-corrected chi connectivity index (χ1v) is 11.3. The number of hydrogen-bond donors (Lipinski definition) is 0. The number of aryl methyl sites for hydroxylation is 1. The summed E-state index contributed by atoms with van der Waals surface area (Å²) >= 11 is 0. The molecule has 144 valence electrons. The van der Waals surface area contributed by atoms with Gasteiger partial charge in [0, 0.05) is 32.1 Å². The summed E-state index contributed by atoms with van der Waals surface area (Å²) in [6.07, 6.45) is 3.55. The van der Waals surface area contributed by atoms with Crippen molar-refractivity contribution in [3.63, 3.8) is 0 Å². The molecule has 26 heavy (non-hydrogen) atoms. The highest BCUT2D eigenvalue weighted by Gasteiger charge is 2.34. The minimum Gasteiger partial charge on any atom is -0.342 e. The third-order valence-corrected chi connectivity index (χ3v) is 7.48. The molecule has 1 amide bonds. The average molecular weight is 379 g/mol. The summed E-state index contributed by atoms with van der Waals surface area (Å²) < 4.78 is 26.9. The van der Waals surface area contributed by atoms with Gasteiger partial charge in [-0.25, -0.2) is 12.7 Å². The molecule has 0 aliphatic carbocycles. The lowest BCUT2D eigenvalue weighted by molar-refractivity contribution is -0.138. The van der Waals surface area contributed by atoms with Crippen molar-refractivity contribution >= 4 is 15.9 Å². The van der Waals surface area contributed by atoms with Crippen LogP contribution in [-0.2, 0) is 20.6 Å². The maximum absolute atomic E-state index is 12.7. The number of amides is 1. The number of sulfonamides is 1. The fourth-order valence-corrected chi connectivity index (χ4v) is 5.58. The van der Waals surface area contributed by atoms with E-state index in [2.05, 4.69) is 6.92 Å². The van der Waals surface area contributed by atoms with Gasteiger partial charge in [-0.15, -0.1) is 0 Å². The number of nitrogens with zero attached hydrogens (tertiary/aromatic N) is 2. The van der Waals surface area contributed by atoms with Crippen LogP contribution in [0.2, 0.25) is 0 Å². The lowest BCUT2D eigenvalue weighted by Gasteiger charge is -2.36. The highest BCUT2D eigenvalue weighted by molar-refractivity contribution is 7.88. The minimum atomic E-state index is -3.32. The van der Waals surface area contributed by atoms with Gasteiger partial charge in [0.1, 0.15) is 0 Å². The predicted molar refractivity (Wildman–Crippen MR) is 103 cm³/mol. The van der Waals surface area contributed by atoms with Crippen LogP contribution in [0, 0.1) is 18.8 Å². The number of carbonyl (C=O) groups is 1. The van der Waals surface area contributed by atoms with Crippen molar-refractivity contribution < 1.29 is 13.2 Å². The molecule has 0 radical (unpaired) electrons. The highest BCUT2D eigenvalue weighted by atomic mass is 32.2. The highest BCUT2D eigenvalue weighted by Crippen LogP contribution is 2.25.